The number of benzene rings is 3. The largest absolute Gasteiger partial charge is 0.232 e. The van der Waals surface area contributed by atoms with Crippen molar-refractivity contribution in [3.8, 4) is 0 Å². The number of nitrogens with two attached hydrogens (primary N) is 1. The van der Waals surface area contributed by atoms with Crippen molar-refractivity contribution in [3.05, 3.63) is 107 Å². The van der Waals surface area contributed by atoms with Gasteiger partial charge in [0.05, 0.1) is 17.4 Å². The van der Waals surface area contributed by atoms with Crippen molar-refractivity contribution in [3.63, 3.8) is 0 Å². The van der Waals surface area contributed by atoms with Crippen LogP contribution in [0.2, 0.25) is 0 Å². The van der Waals surface area contributed by atoms with Gasteiger partial charge in [-0.15, -0.1) is 0 Å². The molecule has 4 aromatic rings. The predicted molar refractivity (Wildman–Crippen MR) is 127 cm³/mol. The molecule has 0 aliphatic rings. The van der Waals surface area contributed by atoms with E-state index in [4.69, 9.17) is 10.2 Å². The van der Waals surface area contributed by atoms with Crippen LogP contribution < -0.4 is 5.14 Å². The Hall–Kier alpha value is -3.48. The first-order valence-electron chi connectivity index (χ1n) is 9.99. The fraction of sp³-hybridized carbons (Fsp3) is 0.0800. The third-order valence-corrected chi connectivity index (χ3v) is 5.60. The minimum Gasteiger partial charge on any atom is -0.232 e. The molecule has 0 aliphatic carbocycles. The smallest absolute Gasteiger partial charge is 0.231 e. The van der Waals surface area contributed by atoms with Crippen molar-refractivity contribution in [1.82, 2.24) is 9.78 Å². The second-order valence-corrected chi connectivity index (χ2v) is 8.63. The van der Waals surface area contributed by atoms with Crippen molar-refractivity contribution in [2.75, 3.05) is 0 Å². The molecule has 2 N–H and O–H groups in total. The van der Waals surface area contributed by atoms with Gasteiger partial charge in [0.25, 0.3) is 0 Å². The molecule has 4 rings (SSSR count). The maximum Gasteiger partial charge on any atom is 0.231 e. The van der Waals surface area contributed by atoms with Crippen LogP contribution in [0.25, 0.3) is 28.2 Å². The standard InChI is InChI=1S/C25H23N3O2S/c1-2-23(20-8-4-3-5-9-20)25(28-24-11-7-6-10-22(24)18-27-28)21-14-12-19(13-15-21)16-17-31(26,29)30/h3-18H,2H2,1H3,(H2,26,29,30). The number of fused-ring (bicyclic) bond motifs is 1. The molecule has 0 saturated heterocycles. The van der Waals surface area contributed by atoms with Gasteiger partial charge >= 0.3 is 0 Å². The number of sulfonamides is 1. The van der Waals surface area contributed by atoms with Gasteiger partial charge in [-0.1, -0.05) is 79.7 Å². The molecule has 0 saturated carbocycles. The molecule has 0 atom stereocenters. The molecule has 31 heavy (non-hydrogen) atoms. The summed E-state index contributed by atoms with van der Waals surface area (Å²) in [6.45, 7) is 2.14. The molecule has 6 heteroatoms. The highest BCUT2D eigenvalue weighted by atomic mass is 32.2. The van der Waals surface area contributed by atoms with Crippen LogP contribution in [-0.2, 0) is 10.0 Å². The van der Waals surface area contributed by atoms with Crippen LogP contribution in [0.4, 0.5) is 0 Å². The van der Waals surface area contributed by atoms with E-state index in [1.54, 1.807) is 0 Å². The van der Waals surface area contributed by atoms with E-state index in [9.17, 15) is 8.42 Å². The van der Waals surface area contributed by atoms with Gasteiger partial charge in [0.2, 0.25) is 10.0 Å². The molecule has 0 unspecified atom stereocenters. The molecular weight excluding hydrogens is 406 g/mol. The summed E-state index contributed by atoms with van der Waals surface area (Å²) in [5, 5.41) is 11.8. The number of hydrogen-bond donors (Lipinski definition) is 1. The van der Waals surface area contributed by atoms with Gasteiger partial charge in [-0.3, -0.25) is 0 Å². The van der Waals surface area contributed by atoms with E-state index >= 15 is 0 Å². The average Bonchev–Trinajstić information content (AvgIpc) is 3.20. The number of hydrogen-bond acceptors (Lipinski definition) is 3. The van der Waals surface area contributed by atoms with Crippen molar-refractivity contribution in [2.45, 2.75) is 13.3 Å². The van der Waals surface area contributed by atoms with Crippen LogP contribution in [0.3, 0.4) is 0 Å². The van der Waals surface area contributed by atoms with Crippen LogP contribution in [0.15, 0.2) is 90.5 Å². The Bertz CT molecular complexity index is 1370. The first-order valence-corrected chi connectivity index (χ1v) is 11.6. The first kappa shape index (κ1) is 20.8. The summed E-state index contributed by atoms with van der Waals surface area (Å²) < 4.78 is 24.4. The maximum atomic E-state index is 11.2. The van der Waals surface area contributed by atoms with Gasteiger partial charge in [0.1, 0.15) is 0 Å². The Labute approximate surface area is 182 Å². The van der Waals surface area contributed by atoms with Gasteiger partial charge in [0, 0.05) is 16.4 Å². The van der Waals surface area contributed by atoms with Crippen molar-refractivity contribution < 1.29 is 8.42 Å². The lowest BCUT2D eigenvalue weighted by Gasteiger charge is -2.17. The lowest BCUT2D eigenvalue weighted by atomic mass is 9.96. The van der Waals surface area contributed by atoms with Gasteiger partial charge in [-0.2, -0.15) is 5.10 Å². The summed E-state index contributed by atoms with van der Waals surface area (Å²) >= 11 is 0. The van der Waals surface area contributed by atoms with Gasteiger partial charge < -0.3 is 0 Å². The Kier molecular flexibility index (Phi) is 5.84. The average molecular weight is 430 g/mol. The summed E-state index contributed by atoms with van der Waals surface area (Å²) in [4.78, 5) is 0. The molecule has 0 fully saturated rings. The highest BCUT2D eigenvalue weighted by molar-refractivity contribution is 7.92. The van der Waals surface area contributed by atoms with Crippen LogP contribution in [0.5, 0.6) is 0 Å². The van der Waals surface area contributed by atoms with Gasteiger partial charge in [-0.05, 0) is 35.3 Å². The van der Waals surface area contributed by atoms with E-state index < -0.39 is 10.0 Å². The Balaban J connectivity index is 1.91. The first-order chi connectivity index (χ1) is 15.0. The zero-order valence-corrected chi connectivity index (χ0v) is 18.0. The highest BCUT2D eigenvalue weighted by Gasteiger charge is 2.16. The third kappa shape index (κ3) is 4.66. The maximum absolute atomic E-state index is 11.2. The van der Waals surface area contributed by atoms with Crippen LogP contribution >= 0.6 is 0 Å². The molecular formula is C25H23N3O2S. The van der Waals surface area contributed by atoms with Crippen LogP contribution in [0.1, 0.15) is 30.0 Å². The van der Waals surface area contributed by atoms with Crippen LogP contribution in [-0.4, -0.2) is 18.2 Å². The Morgan fingerprint density at radius 2 is 1.61 bits per heavy atom. The summed E-state index contributed by atoms with van der Waals surface area (Å²) in [5.41, 5.74) is 6.07. The van der Waals surface area contributed by atoms with E-state index in [0.717, 1.165) is 45.1 Å². The molecule has 0 aliphatic heterocycles. The van der Waals surface area contributed by atoms with E-state index in [1.165, 1.54) is 11.6 Å². The summed E-state index contributed by atoms with van der Waals surface area (Å²) in [6, 6.07) is 26.1. The molecule has 0 spiro atoms. The van der Waals surface area contributed by atoms with E-state index in [1.807, 2.05) is 71.5 Å². The molecule has 1 aromatic heterocycles. The third-order valence-electron chi connectivity index (χ3n) is 5.08. The quantitative estimate of drug-likeness (QED) is 0.432. The zero-order valence-electron chi connectivity index (χ0n) is 17.1. The fourth-order valence-electron chi connectivity index (χ4n) is 3.65. The molecule has 0 amide bonds. The molecule has 0 bridgehead atoms. The molecule has 5 nitrogen and oxygen atoms in total. The second-order valence-electron chi connectivity index (χ2n) is 7.18. The van der Waals surface area contributed by atoms with Gasteiger partial charge in [0.15, 0.2) is 0 Å². The monoisotopic (exact) mass is 429 g/mol. The number of nitrogens with zero attached hydrogens (tertiary/aromatic N) is 2. The zero-order chi connectivity index (χ0) is 21.8. The molecule has 156 valence electrons. The normalized spacial score (nSPS) is 13.0. The Morgan fingerprint density at radius 1 is 0.935 bits per heavy atom. The summed E-state index contributed by atoms with van der Waals surface area (Å²) in [7, 11) is -3.67. The molecule has 3 aromatic carbocycles. The van der Waals surface area contributed by atoms with Crippen molar-refractivity contribution >= 4 is 38.3 Å². The SMILES string of the molecule is CCC(=C(c1ccc(C=CS(N)(=O)=O)cc1)n1ncc2ccccc21)c1ccccc1. The fourth-order valence-corrected chi connectivity index (χ4v) is 3.99. The summed E-state index contributed by atoms with van der Waals surface area (Å²) in [5.74, 6) is 0. The van der Waals surface area contributed by atoms with E-state index in [-0.39, 0.29) is 0 Å². The van der Waals surface area contributed by atoms with Gasteiger partial charge in [-0.25, -0.2) is 18.2 Å². The number of aromatic nitrogens is 2. The molecule has 0 radical (unpaired) electrons. The topological polar surface area (TPSA) is 78.0 Å². The lowest BCUT2D eigenvalue weighted by Crippen LogP contribution is -2.06. The molecule has 1 heterocycles. The number of rotatable bonds is 6. The minimum absolute atomic E-state index is 0.750. The number of para-hydroxylation sites is 1. The van der Waals surface area contributed by atoms with E-state index in [2.05, 4.69) is 25.1 Å². The lowest BCUT2D eigenvalue weighted by molar-refractivity contribution is 0.606. The predicted octanol–water partition coefficient (Wildman–Crippen LogP) is 5.12. The van der Waals surface area contributed by atoms with Crippen LogP contribution in [0, 0.1) is 0 Å². The Morgan fingerprint density at radius 3 is 2.29 bits per heavy atom. The number of primary sulfonamides is 1. The second kappa shape index (κ2) is 8.71. The van der Waals surface area contributed by atoms with E-state index in [0.29, 0.717) is 0 Å². The van der Waals surface area contributed by atoms with Crippen molar-refractivity contribution in [1.29, 1.82) is 0 Å². The summed E-state index contributed by atoms with van der Waals surface area (Å²) in [6.07, 6.45) is 4.18. The number of allylic oxidation sites excluding steroid dienone is 1. The highest BCUT2D eigenvalue weighted by Crippen LogP contribution is 2.32. The minimum atomic E-state index is -3.67. The van der Waals surface area contributed by atoms with Crippen molar-refractivity contribution in [2.24, 2.45) is 5.14 Å².